The maximum absolute atomic E-state index is 11.6. The summed E-state index contributed by atoms with van der Waals surface area (Å²) in [6, 6.07) is 10.1. The molecule has 2 rings (SSSR count). The first-order chi connectivity index (χ1) is 8.97. The van der Waals surface area contributed by atoms with Crippen molar-refractivity contribution in [2.45, 2.75) is 6.92 Å². The van der Waals surface area contributed by atoms with Crippen molar-refractivity contribution in [3.05, 3.63) is 56.5 Å². The lowest BCUT2D eigenvalue weighted by Gasteiger charge is -2.11. The lowest BCUT2D eigenvalue weighted by atomic mass is 10.1. The number of carbonyl (C=O) groups is 1. The van der Waals surface area contributed by atoms with Crippen LogP contribution in [-0.4, -0.2) is 5.78 Å². The van der Waals surface area contributed by atoms with Crippen LogP contribution in [0.3, 0.4) is 0 Å². The predicted molar refractivity (Wildman–Crippen MR) is 80.7 cm³/mol. The first kappa shape index (κ1) is 14.4. The Bertz CT molecular complexity index is 641. The van der Waals surface area contributed by atoms with Gasteiger partial charge in [0.1, 0.15) is 11.5 Å². The van der Waals surface area contributed by atoms with E-state index in [1.54, 1.807) is 36.4 Å². The van der Waals surface area contributed by atoms with Crippen molar-refractivity contribution in [1.29, 1.82) is 0 Å². The van der Waals surface area contributed by atoms with E-state index in [1.807, 2.05) is 0 Å². The van der Waals surface area contributed by atoms with Crippen LogP contribution < -0.4 is 4.74 Å². The van der Waals surface area contributed by atoms with Crippen molar-refractivity contribution in [3.63, 3.8) is 0 Å². The molecule has 2 aromatic carbocycles. The predicted octanol–water partition coefficient (Wildman–Crippen LogP) is 5.75. The van der Waals surface area contributed by atoms with E-state index in [4.69, 9.17) is 27.9 Å². The molecular formula is C14H9BrCl2O2. The fourth-order valence-corrected chi connectivity index (χ4v) is 2.22. The van der Waals surface area contributed by atoms with Gasteiger partial charge in [-0.25, -0.2) is 0 Å². The molecule has 2 aromatic rings. The molecule has 0 N–H and O–H groups in total. The minimum absolute atomic E-state index is 0.0885. The monoisotopic (exact) mass is 358 g/mol. The van der Waals surface area contributed by atoms with Gasteiger partial charge in [0.2, 0.25) is 0 Å². The van der Waals surface area contributed by atoms with Gasteiger partial charge in [0.05, 0.1) is 10.6 Å². The zero-order valence-corrected chi connectivity index (χ0v) is 13.0. The Balaban J connectivity index is 2.43. The van der Waals surface area contributed by atoms with E-state index >= 15 is 0 Å². The average Bonchev–Trinajstić information content (AvgIpc) is 2.35. The first-order valence-corrected chi connectivity index (χ1v) is 6.95. The van der Waals surface area contributed by atoms with Crippen LogP contribution in [0.2, 0.25) is 10.0 Å². The van der Waals surface area contributed by atoms with Gasteiger partial charge in [-0.15, -0.1) is 0 Å². The van der Waals surface area contributed by atoms with Gasteiger partial charge in [-0.2, -0.15) is 0 Å². The van der Waals surface area contributed by atoms with Crippen LogP contribution in [0.4, 0.5) is 0 Å². The summed E-state index contributed by atoms with van der Waals surface area (Å²) in [6.45, 7) is 1.48. The molecule has 0 saturated heterocycles. The summed E-state index contributed by atoms with van der Waals surface area (Å²) < 4.78 is 6.49. The van der Waals surface area contributed by atoms with Crippen molar-refractivity contribution >= 4 is 44.9 Å². The number of hydrogen-bond donors (Lipinski definition) is 0. The molecule has 0 amide bonds. The summed E-state index contributed by atoms with van der Waals surface area (Å²) in [5, 5.41) is 0.947. The van der Waals surface area contributed by atoms with E-state index < -0.39 is 0 Å². The summed E-state index contributed by atoms with van der Waals surface area (Å²) in [4.78, 5) is 11.6. The molecule has 0 bridgehead atoms. The SMILES string of the molecule is CC(=O)c1cc(Br)ccc1Oc1cc(Cl)ccc1Cl. The fourth-order valence-electron chi connectivity index (χ4n) is 1.54. The van der Waals surface area contributed by atoms with Gasteiger partial charge in [0, 0.05) is 15.6 Å². The van der Waals surface area contributed by atoms with Gasteiger partial charge >= 0.3 is 0 Å². The third-order valence-corrected chi connectivity index (χ3v) is 3.47. The second-order valence-electron chi connectivity index (χ2n) is 3.87. The van der Waals surface area contributed by atoms with Gasteiger partial charge in [0.15, 0.2) is 5.78 Å². The molecule has 0 heterocycles. The van der Waals surface area contributed by atoms with Crippen molar-refractivity contribution in [2.75, 3.05) is 0 Å². The summed E-state index contributed by atoms with van der Waals surface area (Å²) in [6.07, 6.45) is 0. The Labute approximate surface area is 129 Å². The maximum Gasteiger partial charge on any atom is 0.163 e. The molecule has 0 aliphatic heterocycles. The minimum atomic E-state index is -0.0885. The molecule has 5 heteroatoms. The van der Waals surface area contributed by atoms with Gasteiger partial charge < -0.3 is 4.74 Å². The number of carbonyl (C=O) groups excluding carboxylic acids is 1. The fraction of sp³-hybridized carbons (Fsp3) is 0.0714. The van der Waals surface area contributed by atoms with Gasteiger partial charge in [-0.3, -0.25) is 4.79 Å². The van der Waals surface area contributed by atoms with E-state index in [0.29, 0.717) is 27.1 Å². The van der Waals surface area contributed by atoms with Gasteiger partial charge in [0.25, 0.3) is 0 Å². The smallest absolute Gasteiger partial charge is 0.163 e. The lowest BCUT2D eigenvalue weighted by molar-refractivity contribution is 0.101. The molecule has 0 radical (unpaired) electrons. The van der Waals surface area contributed by atoms with Crippen molar-refractivity contribution in [2.24, 2.45) is 0 Å². The highest BCUT2D eigenvalue weighted by atomic mass is 79.9. The molecule has 0 aliphatic carbocycles. The van der Waals surface area contributed by atoms with E-state index in [2.05, 4.69) is 15.9 Å². The van der Waals surface area contributed by atoms with Crippen LogP contribution in [0, 0.1) is 0 Å². The van der Waals surface area contributed by atoms with Crippen LogP contribution in [0.1, 0.15) is 17.3 Å². The Morgan fingerprint density at radius 2 is 1.84 bits per heavy atom. The molecule has 0 spiro atoms. The normalized spacial score (nSPS) is 10.3. The number of halogens is 3. The Hall–Kier alpha value is -1.03. The zero-order valence-electron chi connectivity index (χ0n) is 9.91. The third kappa shape index (κ3) is 3.50. The standard InChI is InChI=1S/C14H9BrCl2O2/c1-8(18)11-6-9(15)2-5-13(11)19-14-7-10(16)3-4-12(14)17/h2-7H,1H3. The minimum Gasteiger partial charge on any atom is -0.455 e. The number of ketones is 1. The van der Waals surface area contributed by atoms with Crippen molar-refractivity contribution in [3.8, 4) is 11.5 Å². The largest absolute Gasteiger partial charge is 0.455 e. The molecule has 0 fully saturated rings. The van der Waals surface area contributed by atoms with Crippen LogP contribution in [0.15, 0.2) is 40.9 Å². The first-order valence-electron chi connectivity index (χ1n) is 5.41. The van der Waals surface area contributed by atoms with Crippen LogP contribution in [-0.2, 0) is 0 Å². The quantitative estimate of drug-likeness (QED) is 0.652. The Morgan fingerprint density at radius 1 is 1.11 bits per heavy atom. The third-order valence-electron chi connectivity index (χ3n) is 2.43. The van der Waals surface area contributed by atoms with Crippen LogP contribution in [0.5, 0.6) is 11.5 Å². The van der Waals surface area contributed by atoms with Crippen molar-refractivity contribution in [1.82, 2.24) is 0 Å². The average molecular weight is 360 g/mol. The molecule has 2 nitrogen and oxygen atoms in total. The number of benzene rings is 2. The second-order valence-corrected chi connectivity index (χ2v) is 5.63. The molecule has 98 valence electrons. The Morgan fingerprint density at radius 3 is 2.53 bits per heavy atom. The van der Waals surface area contributed by atoms with Crippen molar-refractivity contribution < 1.29 is 9.53 Å². The van der Waals surface area contributed by atoms with Crippen LogP contribution in [0.25, 0.3) is 0 Å². The molecule has 0 aromatic heterocycles. The van der Waals surface area contributed by atoms with E-state index in [9.17, 15) is 4.79 Å². The van der Waals surface area contributed by atoms with Gasteiger partial charge in [-0.1, -0.05) is 39.1 Å². The zero-order chi connectivity index (χ0) is 14.0. The highest BCUT2D eigenvalue weighted by Gasteiger charge is 2.12. The number of Topliss-reactive ketones (excluding diaryl/α,β-unsaturated/α-hetero) is 1. The maximum atomic E-state index is 11.6. The summed E-state index contributed by atoms with van der Waals surface area (Å²) in [7, 11) is 0. The number of hydrogen-bond acceptors (Lipinski definition) is 2. The van der Waals surface area contributed by atoms with E-state index in [-0.39, 0.29) is 5.78 Å². The highest BCUT2D eigenvalue weighted by molar-refractivity contribution is 9.10. The summed E-state index contributed by atoms with van der Waals surface area (Å²) in [5.41, 5.74) is 0.477. The molecular weight excluding hydrogens is 351 g/mol. The second kappa shape index (κ2) is 5.95. The highest BCUT2D eigenvalue weighted by Crippen LogP contribution is 2.34. The van der Waals surface area contributed by atoms with Crippen LogP contribution >= 0.6 is 39.1 Å². The molecule has 0 aliphatic rings. The Kier molecular flexibility index (Phi) is 4.50. The molecule has 0 saturated carbocycles. The number of rotatable bonds is 3. The lowest BCUT2D eigenvalue weighted by Crippen LogP contribution is -1.97. The molecule has 0 unspecified atom stereocenters. The summed E-state index contributed by atoms with van der Waals surface area (Å²) in [5.74, 6) is 0.772. The van der Waals surface area contributed by atoms with Gasteiger partial charge in [-0.05, 0) is 37.3 Å². The number of ether oxygens (including phenoxy) is 1. The summed E-state index contributed by atoms with van der Waals surface area (Å²) >= 11 is 15.3. The van der Waals surface area contributed by atoms with E-state index in [0.717, 1.165) is 4.47 Å². The molecule has 0 atom stereocenters. The van der Waals surface area contributed by atoms with E-state index in [1.165, 1.54) is 6.92 Å². The topological polar surface area (TPSA) is 26.3 Å². The molecule has 19 heavy (non-hydrogen) atoms.